The van der Waals surface area contributed by atoms with E-state index in [4.69, 9.17) is 5.11 Å². The van der Waals surface area contributed by atoms with Gasteiger partial charge in [0.25, 0.3) is 5.91 Å². The van der Waals surface area contributed by atoms with Crippen LogP contribution in [0.1, 0.15) is 11.7 Å². The highest BCUT2D eigenvalue weighted by Gasteiger charge is 2.45. The Balaban J connectivity index is 2.96. The van der Waals surface area contributed by atoms with Crippen molar-refractivity contribution in [2.24, 2.45) is 5.73 Å². The standard InChI is InChI=1S/C9H9F2NO2/c10-9(11,8(12)14)7(13)6-4-2-1-3-5-6/h1-5,7,13H,(H2,12,14). The summed E-state index contributed by atoms with van der Waals surface area (Å²) in [7, 11) is 0. The molecular weight excluding hydrogens is 192 g/mol. The summed E-state index contributed by atoms with van der Waals surface area (Å²) in [4.78, 5) is 10.3. The van der Waals surface area contributed by atoms with Gasteiger partial charge in [-0.05, 0) is 5.56 Å². The average Bonchev–Trinajstić information content (AvgIpc) is 2.17. The van der Waals surface area contributed by atoms with E-state index in [1.54, 1.807) is 6.07 Å². The average molecular weight is 201 g/mol. The van der Waals surface area contributed by atoms with Gasteiger partial charge in [-0.3, -0.25) is 4.79 Å². The number of carbonyl (C=O) groups is 1. The molecule has 3 N–H and O–H groups in total. The molecule has 0 bridgehead atoms. The summed E-state index contributed by atoms with van der Waals surface area (Å²) < 4.78 is 25.8. The Hall–Kier alpha value is -1.49. The Morgan fingerprint density at radius 2 is 1.86 bits per heavy atom. The molecule has 0 saturated heterocycles. The molecule has 0 aliphatic carbocycles. The molecule has 76 valence electrons. The van der Waals surface area contributed by atoms with Gasteiger partial charge in [-0.1, -0.05) is 30.3 Å². The van der Waals surface area contributed by atoms with Crippen molar-refractivity contribution >= 4 is 5.91 Å². The maximum absolute atomic E-state index is 12.9. The summed E-state index contributed by atoms with van der Waals surface area (Å²) in [6.07, 6.45) is -2.19. The first-order valence-electron chi connectivity index (χ1n) is 3.87. The predicted octanol–water partition coefficient (Wildman–Crippen LogP) is 0.841. The van der Waals surface area contributed by atoms with E-state index in [0.717, 1.165) is 0 Å². The van der Waals surface area contributed by atoms with Crippen LogP contribution in [0.4, 0.5) is 8.78 Å². The number of primary amides is 1. The van der Waals surface area contributed by atoms with Crippen molar-refractivity contribution in [2.75, 3.05) is 0 Å². The van der Waals surface area contributed by atoms with Crippen LogP contribution < -0.4 is 5.73 Å². The molecule has 1 aromatic carbocycles. The zero-order valence-corrected chi connectivity index (χ0v) is 7.15. The zero-order chi connectivity index (χ0) is 10.8. The largest absolute Gasteiger partial charge is 0.381 e. The number of carbonyl (C=O) groups excluding carboxylic acids is 1. The summed E-state index contributed by atoms with van der Waals surface area (Å²) in [6.45, 7) is 0. The summed E-state index contributed by atoms with van der Waals surface area (Å²) in [5, 5.41) is 9.17. The monoisotopic (exact) mass is 201 g/mol. The predicted molar refractivity (Wildman–Crippen MR) is 45.5 cm³/mol. The summed E-state index contributed by atoms with van der Waals surface area (Å²) >= 11 is 0. The van der Waals surface area contributed by atoms with E-state index in [9.17, 15) is 13.6 Å². The third-order valence-corrected chi connectivity index (χ3v) is 1.79. The summed E-state index contributed by atoms with van der Waals surface area (Å²) in [5.74, 6) is -5.78. The molecule has 14 heavy (non-hydrogen) atoms. The van der Waals surface area contributed by atoms with Gasteiger partial charge in [0.05, 0.1) is 0 Å². The lowest BCUT2D eigenvalue weighted by Gasteiger charge is -2.19. The fourth-order valence-corrected chi connectivity index (χ4v) is 0.979. The topological polar surface area (TPSA) is 63.3 Å². The third kappa shape index (κ3) is 1.88. The molecule has 1 amide bonds. The van der Waals surface area contributed by atoms with E-state index in [1.165, 1.54) is 24.3 Å². The molecule has 0 aromatic heterocycles. The maximum atomic E-state index is 12.9. The SMILES string of the molecule is NC(=O)C(F)(F)C(O)c1ccccc1. The van der Waals surface area contributed by atoms with Gasteiger partial charge >= 0.3 is 5.92 Å². The van der Waals surface area contributed by atoms with E-state index in [1.807, 2.05) is 0 Å². The minimum atomic E-state index is -3.94. The van der Waals surface area contributed by atoms with Gasteiger partial charge in [0.2, 0.25) is 0 Å². The number of benzene rings is 1. The molecule has 0 aliphatic rings. The number of halogens is 2. The van der Waals surface area contributed by atoms with Crippen molar-refractivity contribution in [2.45, 2.75) is 12.0 Å². The molecular formula is C9H9F2NO2. The first-order valence-corrected chi connectivity index (χ1v) is 3.87. The number of hydrogen-bond donors (Lipinski definition) is 2. The number of nitrogens with two attached hydrogens (primary N) is 1. The van der Waals surface area contributed by atoms with E-state index < -0.39 is 17.9 Å². The molecule has 0 spiro atoms. The molecule has 1 rings (SSSR count). The van der Waals surface area contributed by atoms with Crippen molar-refractivity contribution in [3.63, 3.8) is 0 Å². The molecule has 1 unspecified atom stereocenters. The normalized spacial score (nSPS) is 13.6. The second kappa shape index (κ2) is 3.71. The van der Waals surface area contributed by atoms with Crippen LogP contribution in [0, 0.1) is 0 Å². The molecule has 1 aromatic rings. The van der Waals surface area contributed by atoms with Gasteiger partial charge in [0.15, 0.2) is 6.10 Å². The van der Waals surface area contributed by atoms with Gasteiger partial charge in [-0.2, -0.15) is 8.78 Å². The highest BCUT2D eigenvalue weighted by molar-refractivity contribution is 5.82. The number of alkyl halides is 2. The minimum absolute atomic E-state index is 0.0451. The Morgan fingerprint density at radius 3 is 2.29 bits per heavy atom. The smallest absolute Gasteiger partial charge is 0.353 e. The van der Waals surface area contributed by atoms with Crippen LogP contribution in [0.2, 0.25) is 0 Å². The van der Waals surface area contributed by atoms with E-state index in [2.05, 4.69) is 5.73 Å². The molecule has 0 heterocycles. The molecule has 3 nitrogen and oxygen atoms in total. The molecule has 0 saturated carbocycles. The number of aliphatic hydroxyl groups excluding tert-OH is 1. The first kappa shape index (κ1) is 10.6. The van der Waals surface area contributed by atoms with Crippen molar-refractivity contribution < 1.29 is 18.7 Å². The third-order valence-electron chi connectivity index (χ3n) is 1.79. The van der Waals surface area contributed by atoms with Crippen molar-refractivity contribution in [1.82, 2.24) is 0 Å². The van der Waals surface area contributed by atoms with Gasteiger partial charge in [0, 0.05) is 0 Å². The Kier molecular flexibility index (Phi) is 2.81. The second-order valence-electron chi connectivity index (χ2n) is 2.80. The number of hydrogen-bond acceptors (Lipinski definition) is 2. The quantitative estimate of drug-likeness (QED) is 0.761. The molecule has 0 aliphatic heterocycles. The molecule has 0 radical (unpaired) electrons. The van der Waals surface area contributed by atoms with E-state index >= 15 is 0 Å². The van der Waals surface area contributed by atoms with Crippen molar-refractivity contribution in [3.8, 4) is 0 Å². The Labute approximate surface area is 79.2 Å². The lowest BCUT2D eigenvalue weighted by atomic mass is 10.0. The van der Waals surface area contributed by atoms with E-state index in [0.29, 0.717) is 0 Å². The Morgan fingerprint density at radius 1 is 1.36 bits per heavy atom. The van der Waals surface area contributed by atoms with Crippen LogP contribution in [-0.2, 0) is 4.79 Å². The van der Waals surface area contributed by atoms with Crippen LogP contribution in [-0.4, -0.2) is 16.9 Å². The van der Waals surface area contributed by atoms with Crippen LogP contribution >= 0.6 is 0 Å². The minimum Gasteiger partial charge on any atom is -0.381 e. The highest BCUT2D eigenvalue weighted by atomic mass is 19.3. The maximum Gasteiger partial charge on any atom is 0.353 e. The zero-order valence-electron chi connectivity index (χ0n) is 7.15. The number of aliphatic hydroxyl groups is 1. The van der Waals surface area contributed by atoms with Crippen molar-refractivity contribution in [1.29, 1.82) is 0 Å². The van der Waals surface area contributed by atoms with Crippen molar-refractivity contribution in [3.05, 3.63) is 35.9 Å². The summed E-state index contributed by atoms with van der Waals surface area (Å²) in [6, 6.07) is 7.16. The fourth-order valence-electron chi connectivity index (χ4n) is 0.979. The molecule has 0 fully saturated rings. The Bertz CT molecular complexity index is 327. The van der Waals surface area contributed by atoms with Gasteiger partial charge in [-0.25, -0.2) is 0 Å². The summed E-state index contributed by atoms with van der Waals surface area (Å²) in [5.41, 5.74) is 4.41. The van der Waals surface area contributed by atoms with Crippen LogP contribution in [0.3, 0.4) is 0 Å². The second-order valence-corrected chi connectivity index (χ2v) is 2.80. The van der Waals surface area contributed by atoms with Gasteiger partial charge in [-0.15, -0.1) is 0 Å². The number of amides is 1. The fraction of sp³-hybridized carbons (Fsp3) is 0.222. The van der Waals surface area contributed by atoms with Crippen LogP contribution in [0.25, 0.3) is 0 Å². The van der Waals surface area contributed by atoms with E-state index in [-0.39, 0.29) is 5.56 Å². The van der Waals surface area contributed by atoms with Gasteiger partial charge in [0.1, 0.15) is 0 Å². The lowest BCUT2D eigenvalue weighted by Crippen LogP contribution is -2.40. The first-order chi connectivity index (χ1) is 6.46. The lowest BCUT2D eigenvalue weighted by molar-refractivity contribution is -0.160. The highest BCUT2D eigenvalue weighted by Crippen LogP contribution is 2.30. The van der Waals surface area contributed by atoms with Crippen LogP contribution in [0.5, 0.6) is 0 Å². The van der Waals surface area contributed by atoms with Gasteiger partial charge < -0.3 is 10.8 Å². The molecule has 5 heteroatoms. The number of rotatable bonds is 3. The molecule has 1 atom stereocenters. The van der Waals surface area contributed by atoms with Crippen LogP contribution in [0.15, 0.2) is 30.3 Å².